The minimum Gasteiger partial charge on any atom is -0.447 e. The maximum atomic E-state index is 13.2. The van der Waals surface area contributed by atoms with E-state index in [9.17, 15) is 9.59 Å². The third kappa shape index (κ3) is 3.19. The van der Waals surface area contributed by atoms with Crippen molar-refractivity contribution in [1.82, 2.24) is 0 Å². The highest BCUT2D eigenvalue weighted by molar-refractivity contribution is 5.91. The molecule has 6 nitrogen and oxygen atoms in total. The lowest BCUT2D eigenvalue weighted by molar-refractivity contribution is -0.171. The first-order valence-corrected chi connectivity index (χ1v) is 9.74. The predicted octanol–water partition coefficient (Wildman–Crippen LogP) is 2.93. The van der Waals surface area contributed by atoms with Gasteiger partial charge < -0.3 is 21.5 Å². The number of rotatable bonds is 4. The number of amides is 1. The molecule has 28 heavy (non-hydrogen) atoms. The second-order valence-electron chi connectivity index (χ2n) is 7.70. The van der Waals surface area contributed by atoms with Crippen LogP contribution in [0.2, 0.25) is 0 Å². The Hall–Kier alpha value is -3.02. The van der Waals surface area contributed by atoms with Crippen LogP contribution in [0.15, 0.2) is 48.5 Å². The van der Waals surface area contributed by atoms with Gasteiger partial charge in [0.2, 0.25) is 0 Å². The average molecular weight is 379 g/mol. The summed E-state index contributed by atoms with van der Waals surface area (Å²) < 4.78 is 5.83. The Bertz CT molecular complexity index is 891. The van der Waals surface area contributed by atoms with Crippen LogP contribution in [0.4, 0.5) is 11.4 Å². The fourth-order valence-corrected chi connectivity index (χ4v) is 4.41. The van der Waals surface area contributed by atoms with Crippen LogP contribution in [-0.2, 0) is 14.3 Å². The smallest absolute Gasteiger partial charge is 0.330 e. The van der Waals surface area contributed by atoms with Gasteiger partial charge in [-0.05, 0) is 55.0 Å². The Balaban J connectivity index is 1.68. The van der Waals surface area contributed by atoms with Crippen molar-refractivity contribution in [3.8, 4) is 0 Å². The van der Waals surface area contributed by atoms with E-state index in [0.29, 0.717) is 18.5 Å². The van der Waals surface area contributed by atoms with E-state index in [2.05, 4.69) is 5.32 Å². The molecule has 1 aliphatic carbocycles. The van der Waals surface area contributed by atoms with Crippen molar-refractivity contribution in [2.24, 2.45) is 5.73 Å². The van der Waals surface area contributed by atoms with Crippen molar-refractivity contribution in [3.63, 3.8) is 0 Å². The first kappa shape index (κ1) is 18.3. The van der Waals surface area contributed by atoms with Gasteiger partial charge in [-0.15, -0.1) is 0 Å². The van der Waals surface area contributed by atoms with Crippen LogP contribution in [0.5, 0.6) is 0 Å². The molecule has 1 heterocycles. The zero-order valence-corrected chi connectivity index (χ0v) is 15.7. The lowest BCUT2D eigenvalue weighted by atomic mass is 9.83. The number of primary amides is 1. The summed E-state index contributed by atoms with van der Waals surface area (Å²) in [5, 5.41) is 3.27. The standard InChI is InChI=1S/C22H25N3O3/c23-15-9-10-17-16(13-15)18(14-7-3-1-4-8-14)19(25-17)20(26)28-22(21(24)27)11-5-2-6-12-22/h1,3-4,7-10,13,18-19,25H,2,5-6,11-12,23H2,(H2,24,27). The van der Waals surface area contributed by atoms with E-state index in [4.69, 9.17) is 16.2 Å². The first-order valence-electron chi connectivity index (χ1n) is 9.74. The molecule has 0 saturated heterocycles. The molecule has 146 valence electrons. The van der Waals surface area contributed by atoms with Crippen LogP contribution < -0.4 is 16.8 Å². The Kier molecular flexibility index (Phi) is 4.71. The van der Waals surface area contributed by atoms with Gasteiger partial charge in [-0.3, -0.25) is 4.79 Å². The molecule has 2 aromatic rings. The topological polar surface area (TPSA) is 107 Å². The molecule has 1 aliphatic heterocycles. The first-order chi connectivity index (χ1) is 13.5. The van der Waals surface area contributed by atoms with Gasteiger partial charge in [-0.1, -0.05) is 36.8 Å². The van der Waals surface area contributed by atoms with Gasteiger partial charge in [0.25, 0.3) is 5.91 Å². The molecule has 6 heteroatoms. The highest BCUT2D eigenvalue weighted by Crippen LogP contribution is 2.43. The van der Waals surface area contributed by atoms with Crippen LogP contribution in [0.1, 0.15) is 49.1 Å². The van der Waals surface area contributed by atoms with Crippen LogP contribution >= 0.6 is 0 Å². The van der Waals surface area contributed by atoms with Crippen molar-refractivity contribution in [3.05, 3.63) is 59.7 Å². The number of carbonyl (C=O) groups excluding carboxylic acids is 2. The largest absolute Gasteiger partial charge is 0.447 e. The summed E-state index contributed by atoms with van der Waals surface area (Å²) in [7, 11) is 0. The average Bonchev–Trinajstić information content (AvgIpc) is 3.08. The van der Waals surface area contributed by atoms with Crippen molar-refractivity contribution >= 4 is 23.3 Å². The molecule has 2 atom stereocenters. The van der Waals surface area contributed by atoms with Gasteiger partial charge in [0.05, 0.1) is 0 Å². The monoisotopic (exact) mass is 379 g/mol. The van der Waals surface area contributed by atoms with Crippen molar-refractivity contribution in [2.75, 3.05) is 11.1 Å². The Morgan fingerprint density at radius 3 is 2.43 bits per heavy atom. The minimum atomic E-state index is -1.20. The van der Waals surface area contributed by atoms with Crippen molar-refractivity contribution < 1.29 is 14.3 Å². The number of hydrogen-bond donors (Lipinski definition) is 3. The molecule has 0 bridgehead atoms. The van der Waals surface area contributed by atoms with Gasteiger partial charge in [0.15, 0.2) is 5.60 Å². The molecule has 5 N–H and O–H groups in total. The highest BCUT2D eigenvalue weighted by Gasteiger charge is 2.46. The zero-order valence-electron chi connectivity index (χ0n) is 15.7. The molecular weight excluding hydrogens is 354 g/mol. The molecule has 2 aliphatic rings. The summed E-state index contributed by atoms with van der Waals surface area (Å²) >= 11 is 0. The zero-order chi connectivity index (χ0) is 19.7. The van der Waals surface area contributed by atoms with E-state index in [1.165, 1.54) is 0 Å². The van der Waals surface area contributed by atoms with Gasteiger partial charge in [0, 0.05) is 17.3 Å². The molecule has 2 unspecified atom stereocenters. The molecule has 1 amide bonds. The number of hydrogen-bond acceptors (Lipinski definition) is 5. The van der Waals surface area contributed by atoms with Crippen LogP contribution in [0.25, 0.3) is 0 Å². The molecule has 2 aromatic carbocycles. The number of benzene rings is 2. The Morgan fingerprint density at radius 1 is 1.04 bits per heavy atom. The van der Waals surface area contributed by atoms with Crippen LogP contribution in [0.3, 0.4) is 0 Å². The van der Waals surface area contributed by atoms with Gasteiger partial charge in [0.1, 0.15) is 6.04 Å². The number of fused-ring (bicyclic) bond motifs is 1. The molecule has 0 aromatic heterocycles. The van der Waals surface area contributed by atoms with Gasteiger partial charge in [-0.2, -0.15) is 0 Å². The fourth-order valence-electron chi connectivity index (χ4n) is 4.41. The highest BCUT2D eigenvalue weighted by atomic mass is 16.6. The minimum absolute atomic E-state index is 0.249. The Labute approximate surface area is 164 Å². The molecule has 0 spiro atoms. The van der Waals surface area contributed by atoms with E-state index >= 15 is 0 Å². The number of anilines is 2. The molecular formula is C22H25N3O3. The van der Waals surface area contributed by atoms with E-state index in [-0.39, 0.29) is 5.92 Å². The van der Waals surface area contributed by atoms with E-state index in [1.54, 1.807) is 6.07 Å². The number of nitrogens with one attached hydrogen (secondary N) is 1. The second-order valence-corrected chi connectivity index (χ2v) is 7.70. The van der Waals surface area contributed by atoms with E-state index < -0.39 is 23.5 Å². The third-order valence-corrected chi connectivity index (χ3v) is 5.87. The molecule has 0 radical (unpaired) electrons. The quantitative estimate of drug-likeness (QED) is 0.559. The second kappa shape index (κ2) is 7.19. The summed E-state index contributed by atoms with van der Waals surface area (Å²) in [5.74, 6) is -1.26. The van der Waals surface area contributed by atoms with Crippen molar-refractivity contribution in [2.45, 2.75) is 49.7 Å². The molecule has 4 rings (SSSR count). The van der Waals surface area contributed by atoms with Gasteiger partial charge >= 0.3 is 5.97 Å². The van der Waals surface area contributed by atoms with Gasteiger partial charge in [-0.25, -0.2) is 4.79 Å². The molecule has 1 fully saturated rings. The summed E-state index contributed by atoms with van der Waals surface area (Å²) in [5.41, 5.74) is 13.9. The summed E-state index contributed by atoms with van der Waals surface area (Å²) in [4.78, 5) is 25.4. The maximum Gasteiger partial charge on any atom is 0.330 e. The number of ether oxygens (including phenoxy) is 1. The Morgan fingerprint density at radius 2 is 1.75 bits per heavy atom. The summed E-state index contributed by atoms with van der Waals surface area (Å²) in [6.07, 6.45) is 3.64. The SMILES string of the molecule is NC(=O)C1(OC(=O)C2Nc3ccc(N)cc3C2c2ccccc2)CCCCC1. The summed E-state index contributed by atoms with van der Waals surface area (Å²) in [6, 6.07) is 14.7. The van der Waals surface area contributed by atoms with E-state index in [0.717, 1.165) is 36.1 Å². The number of nitrogen functional groups attached to an aromatic ring is 1. The summed E-state index contributed by atoms with van der Waals surface area (Å²) in [6.45, 7) is 0. The lowest BCUT2D eigenvalue weighted by Gasteiger charge is -2.35. The van der Waals surface area contributed by atoms with Crippen LogP contribution in [-0.4, -0.2) is 23.5 Å². The number of esters is 1. The lowest BCUT2D eigenvalue weighted by Crippen LogP contribution is -2.51. The fraction of sp³-hybridized carbons (Fsp3) is 0.364. The molecule has 1 saturated carbocycles. The van der Waals surface area contributed by atoms with Crippen molar-refractivity contribution in [1.29, 1.82) is 0 Å². The predicted molar refractivity (Wildman–Crippen MR) is 108 cm³/mol. The normalized spacial score (nSPS) is 22.7. The maximum absolute atomic E-state index is 13.2. The number of carbonyl (C=O) groups is 2. The third-order valence-electron chi connectivity index (χ3n) is 5.87. The number of nitrogens with two attached hydrogens (primary N) is 2. The van der Waals surface area contributed by atoms with E-state index in [1.807, 2.05) is 42.5 Å². The van der Waals surface area contributed by atoms with Crippen LogP contribution in [0, 0.1) is 0 Å².